The molecular formula is C42H69O10P. The van der Waals surface area contributed by atoms with Crippen LogP contribution in [0.3, 0.4) is 0 Å². The molecule has 0 aromatic carbocycles. The van der Waals surface area contributed by atoms with Crippen molar-refractivity contribution < 1.29 is 47.8 Å². The van der Waals surface area contributed by atoms with E-state index in [1.807, 2.05) is 0 Å². The van der Waals surface area contributed by atoms with Crippen LogP contribution in [-0.2, 0) is 32.7 Å². The van der Waals surface area contributed by atoms with Crippen LogP contribution in [0.15, 0.2) is 85.1 Å². The summed E-state index contributed by atoms with van der Waals surface area (Å²) in [5.74, 6) is -1.03. The molecule has 0 saturated heterocycles. The van der Waals surface area contributed by atoms with E-state index in [1.165, 1.54) is 19.3 Å². The molecule has 3 N–H and O–H groups in total. The minimum absolute atomic E-state index is 0.118. The molecular weight excluding hydrogens is 695 g/mol. The second kappa shape index (κ2) is 37.5. The number of carbonyl (C=O) groups is 2. The highest BCUT2D eigenvalue weighted by atomic mass is 31.2. The van der Waals surface area contributed by atoms with E-state index in [0.717, 1.165) is 70.6 Å². The Bertz CT molecular complexity index is 1150. The van der Waals surface area contributed by atoms with Crippen molar-refractivity contribution in [3.63, 3.8) is 0 Å². The van der Waals surface area contributed by atoms with Crippen LogP contribution in [0.25, 0.3) is 0 Å². The Morgan fingerprint density at radius 2 is 1.02 bits per heavy atom. The Hall–Kier alpha value is -2.85. The fraction of sp³-hybridized carbons (Fsp3) is 0.619. The van der Waals surface area contributed by atoms with Crippen molar-refractivity contribution in [2.75, 3.05) is 26.4 Å². The van der Waals surface area contributed by atoms with Crippen molar-refractivity contribution in [3.8, 4) is 0 Å². The number of carbonyl (C=O) groups excluding carboxylic acids is 2. The molecule has 0 radical (unpaired) electrons. The monoisotopic (exact) mass is 764 g/mol. The van der Waals surface area contributed by atoms with Crippen LogP contribution in [-0.4, -0.2) is 65.7 Å². The molecule has 10 nitrogen and oxygen atoms in total. The number of rotatable bonds is 35. The molecule has 0 aliphatic heterocycles. The van der Waals surface area contributed by atoms with Crippen LogP contribution in [0.1, 0.15) is 129 Å². The van der Waals surface area contributed by atoms with Gasteiger partial charge in [-0.3, -0.25) is 18.6 Å². The molecule has 0 aliphatic rings. The predicted molar refractivity (Wildman–Crippen MR) is 214 cm³/mol. The van der Waals surface area contributed by atoms with E-state index in [-0.39, 0.29) is 19.4 Å². The zero-order chi connectivity index (χ0) is 39.1. The molecule has 53 heavy (non-hydrogen) atoms. The van der Waals surface area contributed by atoms with Gasteiger partial charge in [0.05, 0.1) is 19.8 Å². The number of aliphatic hydroxyl groups is 2. The van der Waals surface area contributed by atoms with Gasteiger partial charge in [-0.2, -0.15) is 0 Å². The van der Waals surface area contributed by atoms with Gasteiger partial charge in [0, 0.05) is 12.8 Å². The van der Waals surface area contributed by atoms with Crippen molar-refractivity contribution in [2.45, 2.75) is 142 Å². The number of aliphatic hydroxyl groups excluding tert-OH is 2. The number of phosphoric ester groups is 1. The summed E-state index contributed by atoms with van der Waals surface area (Å²) in [5, 5.41) is 18.3. The molecule has 3 atom stereocenters. The lowest BCUT2D eigenvalue weighted by Gasteiger charge is -2.20. The minimum Gasteiger partial charge on any atom is -0.462 e. The normalized spacial score (nSPS) is 14.9. The molecule has 11 heteroatoms. The van der Waals surface area contributed by atoms with E-state index in [2.05, 4.69) is 103 Å². The van der Waals surface area contributed by atoms with Crippen LogP contribution in [0, 0.1) is 0 Å². The number of allylic oxidation sites excluding steroid dienone is 14. The third-order valence-corrected chi connectivity index (χ3v) is 8.48. The molecule has 0 amide bonds. The molecule has 0 aliphatic carbocycles. The maximum absolute atomic E-state index is 12.5. The van der Waals surface area contributed by atoms with Crippen LogP contribution < -0.4 is 0 Å². The van der Waals surface area contributed by atoms with E-state index in [0.29, 0.717) is 12.8 Å². The van der Waals surface area contributed by atoms with Crippen molar-refractivity contribution in [1.82, 2.24) is 0 Å². The van der Waals surface area contributed by atoms with Crippen molar-refractivity contribution in [1.29, 1.82) is 0 Å². The standard InChI is InChI=1S/C42H69O10P/c1-3-5-7-9-11-13-15-17-19-21-23-25-27-29-31-33-41(45)49-37-40(38-51-53(47,48)50-36-39(44)35-43)52-42(46)34-32-30-28-26-24-22-20-18-16-14-12-10-8-6-4-2/h6,8,11-14,17-20,23-26,39-40,43-44H,3-5,7,9-10,15-16,21-22,27-38H2,1-2H3,(H,47,48)/b8-6-,13-11-,14-12-,19-17-,20-18-,25-23-,26-24-/t39-,40+/m0/s1. The number of unbranched alkanes of at least 4 members (excludes halogenated alkanes) is 7. The van der Waals surface area contributed by atoms with Gasteiger partial charge in [0.15, 0.2) is 6.10 Å². The predicted octanol–water partition coefficient (Wildman–Crippen LogP) is 9.88. The molecule has 0 aromatic rings. The second-order valence-corrected chi connectivity index (χ2v) is 14.0. The van der Waals surface area contributed by atoms with Gasteiger partial charge in [0.25, 0.3) is 0 Å². The first-order chi connectivity index (χ1) is 25.7. The third-order valence-electron chi connectivity index (χ3n) is 7.53. The van der Waals surface area contributed by atoms with Crippen molar-refractivity contribution in [2.24, 2.45) is 0 Å². The Kier molecular flexibility index (Phi) is 35.5. The van der Waals surface area contributed by atoms with Crippen molar-refractivity contribution >= 4 is 19.8 Å². The maximum atomic E-state index is 12.5. The minimum atomic E-state index is -4.64. The average molecular weight is 765 g/mol. The van der Waals surface area contributed by atoms with Crippen LogP contribution >= 0.6 is 7.82 Å². The SMILES string of the molecule is CC/C=C\C/C=C\C/C=C\C/C=C\CCCCC(=O)O[C@H](COC(=O)CCCC/C=C\C/C=C\C/C=C\CCCCC)COP(=O)(O)OC[C@@H](O)CO. The number of esters is 2. The average Bonchev–Trinajstić information content (AvgIpc) is 3.14. The molecule has 0 aromatic heterocycles. The van der Waals surface area contributed by atoms with Crippen LogP contribution in [0.2, 0.25) is 0 Å². The summed E-state index contributed by atoms with van der Waals surface area (Å²) in [6.07, 6.45) is 42.7. The fourth-order valence-electron chi connectivity index (χ4n) is 4.52. The van der Waals surface area contributed by atoms with Gasteiger partial charge in [-0.25, -0.2) is 4.57 Å². The Morgan fingerprint density at radius 1 is 0.585 bits per heavy atom. The quantitative estimate of drug-likeness (QED) is 0.0246. The lowest BCUT2D eigenvalue weighted by molar-refractivity contribution is -0.161. The fourth-order valence-corrected chi connectivity index (χ4v) is 5.31. The highest BCUT2D eigenvalue weighted by Crippen LogP contribution is 2.43. The molecule has 0 rings (SSSR count). The van der Waals surface area contributed by atoms with E-state index in [4.69, 9.17) is 19.1 Å². The van der Waals surface area contributed by atoms with Gasteiger partial charge < -0.3 is 24.6 Å². The molecule has 0 bridgehead atoms. The van der Waals surface area contributed by atoms with E-state index in [9.17, 15) is 24.2 Å². The summed E-state index contributed by atoms with van der Waals surface area (Å²) in [4.78, 5) is 34.8. The first kappa shape index (κ1) is 50.1. The Morgan fingerprint density at radius 3 is 1.49 bits per heavy atom. The van der Waals surface area contributed by atoms with Crippen LogP contribution in [0.4, 0.5) is 0 Å². The molecule has 1 unspecified atom stereocenters. The van der Waals surface area contributed by atoms with Gasteiger partial charge in [-0.1, -0.05) is 112 Å². The molecule has 0 spiro atoms. The zero-order valence-corrected chi connectivity index (χ0v) is 33.3. The first-order valence-corrected chi connectivity index (χ1v) is 21.0. The summed E-state index contributed by atoms with van der Waals surface area (Å²) in [6, 6.07) is 0. The maximum Gasteiger partial charge on any atom is 0.472 e. The lowest BCUT2D eigenvalue weighted by atomic mass is 10.1. The van der Waals surface area contributed by atoms with Gasteiger partial charge in [-0.15, -0.1) is 0 Å². The van der Waals surface area contributed by atoms with Gasteiger partial charge >= 0.3 is 19.8 Å². The third kappa shape index (κ3) is 37.3. The van der Waals surface area contributed by atoms with Gasteiger partial charge in [-0.05, 0) is 89.9 Å². The number of ether oxygens (including phenoxy) is 2. The van der Waals surface area contributed by atoms with Gasteiger partial charge in [0.1, 0.15) is 12.7 Å². The topological polar surface area (TPSA) is 149 Å². The van der Waals surface area contributed by atoms with E-state index in [1.54, 1.807) is 0 Å². The second-order valence-electron chi connectivity index (χ2n) is 12.6. The lowest BCUT2D eigenvalue weighted by Crippen LogP contribution is -2.29. The first-order valence-electron chi connectivity index (χ1n) is 19.5. The highest BCUT2D eigenvalue weighted by molar-refractivity contribution is 7.47. The molecule has 302 valence electrons. The highest BCUT2D eigenvalue weighted by Gasteiger charge is 2.27. The Labute approximate surface area is 320 Å². The summed E-state index contributed by atoms with van der Waals surface area (Å²) in [5.41, 5.74) is 0. The van der Waals surface area contributed by atoms with Crippen LogP contribution in [0.5, 0.6) is 0 Å². The summed E-state index contributed by atoms with van der Waals surface area (Å²) in [7, 11) is -4.64. The number of hydrogen-bond donors (Lipinski definition) is 3. The molecule has 0 saturated carbocycles. The summed E-state index contributed by atoms with van der Waals surface area (Å²) in [6.45, 7) is 2.10. The zero-order valence-electron chi connectivity index (χ0n) is 32.4. The summed E-state index contributed by atoms with van der Waals surface area (Å²) >= 11 is 0. The number of phosphoric acid groups is 1. The van der Waals surface area contributed by atoms with E-state index < -0.39 is 51.8 Å². The molecule has 0 heterocycles. The largest absolute Gasteiger partial charge is 0.472 e. The smallest absolute Gasteiger partial charge is 0.462 e. The Balaban J connectivity index is 4.52. The molecule has 0 fully saturated rings. The van der Waals surface area contributed by atoms with Gasteiger partial charge in [0.2, 0.25) is 0 Å². The van der Waals surface area contributed by atoms with Crippen molar-refractivity contribution in [3.05, 3.63) is 85.1 Å². The van der Waals surface area contributed by atoms with E-state index >= 15 is 0 Å². The number of hydrogen-bond acceptors (Lipinski definition) is 9. The summed E-state index contributed by atoms with van der Waals surface area (Å²) < 4.78 is 32.5.